The average molecular weight is 272 g/mol. The molecule has 0 saturated carbocycles. The van der Waals surface area contributed by atoms with E-state index in [9.17, 15) is 5.26 Å². The smallest absolute Gasteiger partial charge is 0.115 e. The van der Waals surface area contributed by atoms with Gasteiger partial charge in [-0.05, 0) is 24.1 Å². The SMILES string of the molecule is CSc1cc(-c2ccccc2)c(C#N)c(SC)n1. The zero-order chi connectivity index (χ0) is 13.0. The maximum absolute atomic E-state index is 9.35. The van der Waals surface area contributed by atoms with Gasteiger partial charge >= 0.3 is 0 Å². The summed E-state index contributed by atoms with van der Waals surface area (Å²) < 4.78 is 0. The fraction of sp³-hybridized carbons (Fsp3) is 0.143. The van der Waals surface area contributed by atoms with Gasteiger partial charge in [0.25, 0.3) is 0 Å². The maximum atomic E-state index is 9.35. The molecule has 0 bridgehead atoms. The molecule has 2 aromatic rings. The van der Waals surface area contributed by atoms with Crippen LogP contribution in [0.3, 0.4) is 0 Å². The van der Waals surface area contributed by atoms with Crippen LogP contribution in [0, 0.1) is 11.3 Å². The van der Waals surface area contributed by atoms with Crippen LogP contribution in [0.5, 0.6) is 0 Å². The van der Waals surface area contributed by atoms with Crippen LogP contribution in [-0.2, 0) is 0 Å². The minimum atomic E-state index is 0.659. The summed E-state index contributed by atoms with van der Waals surface area (Å²) >= 11 is 3.10. The Morgan fingerprint density at radius 1 is 1.11 bits per heavy atom. The van der Waals surface area contributed by atoms with Gasteiger partial charge < -0.3 is 0 Å². The molecule has 0 saturated heterocycles. The third-order valence-electron chi connectivity index (χ3n) is 2.56. The first-order valence-electron chi connectivity index (χ1n) is 5.38. The Bertz CT molecular complexity index is 589. The van der Waals surface area contributed by atoms with Gasteiger partial charge in [0.05, 0.1) is 10.6 Å². The van der Waals surface area contributed by atoms with Crippen LogP contribution in [-0.4, -0.2) is 17.5 Å². The highest BCUT2D eigenvalue weighted by atomic mass is 32.2. The fourth-order valence-corrected chi connectivity index (χ4v) is 2.73. The fourth-order valence-electron chi connectivity index (χ4n) is 1.70. The van der Waals surface area contributed by atoms with Crippen molar-refractivity contribution < 1.29 is 0 Å². The molecule has 0 N–H and O–H groups in total. The van der Waals surface area contributed by atoms with Crippen molar-refractivity contribution in [2.45, 2.75) is 10.1 Å². The number of nitrogens with zero attached hydrogens (tertiary/aromatic N) is 2. The molecule has 0 spiro atoms. The number of nitriles is 1. The first-order chi connectivity index (χ1) is 8.80. The molecule has 0 aliphatic heterocycles. The van der Waals surface area contributed by atoms with Gasteiger partial charge in [0, 0.05) is 5.56 Å². The van der Waals surface area contributed by atoms with Crippen molar-refractivity contribution in [1.82, 2.24) is 4.98 Å². The predicted molar refractivity (Wildman–Crippen MR) is 78.0 cm³/mol. The van der Waals surface area contributed by atoms with E-state index in [0.717, 1.165) is 21.2 Å². The second kappa shape index (κ2) is 5.94. The lowest BCUT2D eigenvalue weighted by Gasteiger charge is -2.09. The molecule has 0 radical (unpaired) electrons. The lowest BCUT2D eigenvalue weighted by atomic mass is 10.0. The summed E-state index contributed by atoms with van der Waals surface area (Å²) in [5.41, 5.74) is 2.68. The molecule has 90 valence electrons. The third-order valence-corrected chi connectivity index (χ3v) is 3.87. The molecule has 0 atom stereocenters. The molecule has 1 aromatic heterocycles. The van der Waals surface area contributed by atoms with Crippen LogP contribution in [0.15, 0.2) is 46.5 Å². The molecule has 4 heteroatoms. The summed E-state index contributed by atoms with van der Waals surface area (Å²) in [4.78, 5) is 4.47. The second-order valence-corrected chi connectivity index (χ2v) is 5.20. The second-order valence-electron chi connectivity index (χ2n) is 3.57. The van der Waals surface area contributed by atoms with Gasteiger partial charge in [-0.1, -0.05) is 30.3 Å². The highest BCUT2D eigenvalue weighted by Gasteiger charge is 2.13. The molecule has 1 aromatic carbocycles. The Morgan fingerprint density at radius 2 is 1.83 bits per heavy atom. The largest absolute Gasteiger partial charge is 0.234 e. The minimum Gasteiger partial charge on any atom is -0.234 e. The molecule has 2 nitrogen and oxygen atoms in total. The topological polar surface area (TPSA) is 36.7 Å². The van der Waals surface area contributed by atoms with Crippen LogP contribution in [0.25, 0.3) is 11.1 Å². The van der Waals surface area contributed by atoms with E-state index in [1.165, 1.54) is 11.8 Å². The summed E-state index contributed by atoms with van der Waals surface area (Å²) in [5, 5.41) is 11.1. The van der Waals surface area contributed by atoms with Crippen molar-refractivity contribution in [3.63, 3.8) is 0 Å². The van der Waals surface area contributed by atoms with Crippen LogP contribution >= 0.6 is 23.5 Å². The summed E-state index contributed by atoms with van der Waals surface area (Å²) in [6.45, 7) is 0. The Morgan fingerprint density at radius 3 is 2.39 bits per heavy atom. The van der Waals surface area contributed by atoms with E-state index in [1.807, 2.05) is 48.9 Å². The van der Waals surface area contributed by atoms with Crippen LogP contribution in [0.4, 0.5) is 0 Å². The van der Waals surface area contributed by atoms with Crippen LogP contribution < -0.4 is 0 Å². The quantitative estimate of drug-likeness (QED) is 0.789. The molecule has 18 heavy (non-hydrogen) atoms. The summed E-state index contributed by atoms with van der Waals surface area (Å²) in [5.74, 6) is 0. The predicted octanol–water partition coefficient (Wildman–Crippen LogP) is 4.06. The summed E-state index contributed by atoms with van der Waals surface area (Å²) in [6, 6.07) is 14.2. The minimum absolute atomic E-state index is 0.659. The molecule has 1 heterocycles. The highest BCUT2D eigenvalue weighted by Crippen LogP contribution is 2.32. The lowest BCUT2D eigenvalue weighted by molar-refractivity contribution is 1.00. The molecular formula is C14H12N2S2. The number of aromatic nitrogens is 1. The van der Waals surface area contributed by atoms with Gasteiger partial charge in [-0.25, -0.2) is 4.98 Å². The summed E-state index contributed by atoms with van der Waals surface area (Å²) in [6.07, 6.45) is 3.94. The number of rotatable bonds is 3. The van der Waals surface area contributed by atoms with Gasteiger partial charge in [-0.15, -0.1) is 23.5 Å². The first-order valence-corrected chi connectivity index (χ1v) is 7.83. The van der Waals surface area contributed by atoms with Crippen molar-refractivity contribution in [3.8, 4) is 17.2 Å². The third kappa shape index (κ3) is 2.53. The molecule has 0 amide bonds. The monoisotopic (exact) mass is 272 g/mol. The van der Waals surface area contributed by atoms with Crippen molar-refractivity contribution in [2.24, 2.45) is 0 Å². The molecule has 2 rings (SSSR count). The number of thioether (sulfide) groups is 2. The highest BCUT2D eigenvalue weighted by molar-refractivity contribution is 7.99. The maximum Gasteiger partial charge on any atom is 0.115 e. The van der Waals surface area contributed by atoms with Crippen molar-refractivity contribution in [2.75, 3.05) is 12.5 Å². The zero-order valence-electron chi connectivity index (χ0n) is 10.2. The lowest BCUT2D eigenvalue weighted by Crippen LogP contribution is -1.93. The Balaban J connectivity index is 2.69. The van der Waals surface area contributed by atoms with Crippen molar-refractivity contribution in [3.05, 3.63) is 42.0 Å². The van der Waals surface area contributed by atoms with Crippen LogP contribution in [0.1, 0.15) is 5.56 Å². The number of pyridine rings is 1. The van der Waals surface area contributed by atoms with E-state index < -0.39 is 0 Å². The van der Waals surface area contributed by atoms with E-state index in [-0.39, 0.29) is 0 Å². The first kappa shape index (κ1) is 13.0. The van der Waals surface area contributed by atoms with Crippen molar-refractivity contribution >= 4 is 23.5 Å². The number of hydrogen-bond acceptors (Lipinski definition) is 4. The van der Waals surface area contributed by atoms with Crippen molar-refractivity contribution in [1.29, 1.82) is 5.26 Å². The molecule has 0 fully saturated rings. The van der Waals surface area contributed by atoms with E-state index in [1.54, 1.807) is 11.8 Å². The Hall–Kier alpha value is -1.44. The normalized spacial score (nSPS) is 10.1. The molecule has 0 unspecified atom stereocenters. The van der Waals surface area contributed by atoms with Gasteiger partial charge in [-0.2, -0.15) is 5.26 Å². The standard InChI is InChI=1S/C14H12N2S2/c1-17-13-8-11(10-6-4-3-5-7-10)12(9-15)14(16-13)18-2/h3-8H,1-2H3. The van der Waals surface area contributed by atoms with Gasteiger partial charge in [0.15, 0.2) is 0 Å². The molecule has 0 aliphatic carbocycles. The van der Waals surface area contributed by atoms with E-state index in [0.29, 0.717) is 5.56 Å². The van der Waals surface area contributed by atoms with E-state index >= 15 is 0 Å². The molecule has 0 aliphatic rings. The molecular weight excluding hydrogens is 260 g/mol. The summed E-state index contributed by atoms with van der Waals surface area (Å²) in [7, 11) is 0. The van der Waals surface area contributed by atoms with Gasteiger partial charge in [-0.3, -0.25) is 0 Å². The zero-order valence-corrected chi connectivity index (χ0v) is 11.8. The van der Waals surface area contributed by atoms with Gasteiger partial charge in [0.1, 0.15) is 11.1 Å². The number of benzene rings is 1. The average Bonchev–Trinajstić information content (AvgIpc) is 2.46. The Kier molecular flexibility index (Phi) is 4.29. The number of hydrogen-bond donors (Lipinski definition) is 0. The van der Waals surface area contributed by atoms with Gasteiger partial charge in [0.2, 0.25) is 0 Å². The van der Waals surface area contributed by atoms with E-state index in [2.05, 4.69) is 11.1 Å². The van der Waals surface area contributed by atoms with Crippen LogP contribution in [0.2, 0.25) is 0 Å². The van der Waals surface area contributed by atoms with E-state index in [4.69, 9.17) is 0 Å². The Labute approximate surface area is 115 Å².